The van der Waals surface area contributed by atoms with Gasteiger partial charge in [-0.25, -0.2) is 0 Å². The number of rotatable bonds is 5. The predicted molar refractivity (Wildman–Crippen MR) is 125 cm³/mol. The fourth-order valence-electron chi connectivity index (χ4n) is 3.77. The van der Waals surface area contributed by atoms with Crippen molar-refractivity contribution in [1.82, 2.24) is 4.98 Å². The molecule has 2 heterocycles. The number of nitrogens with zero attached hydrogens (tertiary/aromatic N) is 2. The predicted octanol–water partition coefficient (Wildman–Crippen LogP) is 5.03. The first kappa shape index (κ1) is 22.6. The SMILES string of the molecule is COc1cc(OC)c(/C(O)=C2\C(=O)C(=O)N(c3cccc(Cl)c3)C2c2cccnc2)cc1Cl. The molecule has 1 aromatic heterocycles. The molecule has 1 aliphatic rings. The van der Waals surface area contributed by atoms with Gasteiger partial charge in [-0.05, 0) is 35.9 Å². The zero-order valence-electron chi connectivity index (χ0n) is 17.6. The number of hydrogen-bond acceptors (Lipinski definition) is 6. The van der Waals surface area contributed by atoms with Crippen LogP contribution < -0.4 is 14.4 Å². The van der Waals surface area contributed by atoms with Crippen molar-refractivity contribution < 1.29 is 24.2 Å². The quantitative estimate of drug-likeness (QED) is 0.310. The molecule has 4 rings (SSSR count). The summed E-state index contributed by atoms with van der Waals surface area (Å²) in [7, 11) is 2.85. The Balaban J connectivity index is 1.98. The summed E-state index contributed by atoms with van der Waals surface area (Å²) in [4.78, 5) is 31.8. The van der Waals surface area contributed by atoms with Gasteiger partial charge in [0.1, 0.15) is 17.3 Å². The lowest BCUT2D eigenvalue weighted by molar-refractivity contribution is -0.132. The molecule has 0 radical (unpaired) electrons. The number of carbonyl (C=O) groups is 2. The molecule has 33 heavy (non-hydrogen) atoms. The van der Waals surface area contributed by atoms with Gasteiger partial charge in [-0.1, -0.05) is 35.3 Å². The van der Waals surface area contributed by atoms with Gasteiger partial charge in [0.15, 0.2) is 0 Å². The molecule has 1 N–H and O–H groups in total. The summed E-state index contributed by atoms with van der Waals surface area (Å²) in [5, 5.41) is 11.9. The summed E-state index contributed by atoms with van der Waals surface area (Å²) in [6.45, 7) is 0. The Hall–Kier alpha value is -3.55. The summed E-state index contributed by atoms with van der Waals surface area (Å²) < 4.78 is 10.6. The van der Waals surface area contributed by atoms with Crippen molar-refractivity contribution in [3.63, 3.8) is 0 Å². The Morgan fingerprint density at radius 3 is 2.42 bits per heavy atom. The first-order valence-electron chi connectivity index (χ1n) is 9.75. The zero-order valence-corrected chi connectivity index (χ0v) is 19.1. The molecule has 0 spiro atoms. The molecule has 0 bridgehead atoms. The van der Waals surface area contributed by atoms with Gasteiger partial charge in [0.25, 0.3) is 11.7 Å². The maximum atomic E-state index is 13.2. The molecule has 2 aromatic carbocycles. The average Bonchev–Trinajstić information content (AvgIpc) is 3.09. The van der Waals surface area contributed by atoms with E-state index < -0.39 is 23.5 Å². The third-order valence-electron chi connectivity index (χ3n) is 5.26. The highest BCUT2D eigenvalue weighted by atomic mass is 35.5. The van der Waals surface area contributed by atoms with Crippen LogP contribution in [-0.4, -0.2) is 36.0 Å². The van der Waals surface area contributed by atoms with Crippen LogP contribution in [0.4, 0.5) is 5.69 Å². The minimum Gasteiger partial charge on any atom is -0.507 e. The van der Waals surface area contributed by atoms with Crippen LogP contribution in [0.25, 0.3) is 5.76 Å². The van der Waals surface area contributed by atoms with E-state index in [1.807, 2.05) is 0 Å². The molecule has 1 unspecified atom stereocenters. The van der Waals surface area contributed by atoms with Crippen LogP contribution in [0.3, 0.4) is 0 Å². The van der Waals surface area contributed by atoms with Crippen molar-refractivity contribution in [3.05, 3.63) is 87.7 Å². The fourth-order valence-corrected chi connectivity index (χ4v) is 4.19. The number of aliphatic hydroxyl groups excluding tert-OH is 1. The number of aliphatic hydroxyl groups is 1. The number of benzene rings is 2. The summed E-state index contributed by atoms with van der Waals surface area (Å²) >= 11 is 12.4. The molecule has 0 aliphatic carbocycles. The lowest BCUT2D eigenvalue weighted by atomic mass is 9.95. The van der Waals surface area contributed by atoms with Gasteiger partial charge >= 0.3 is 0 Å². The van der Waals surface area contributed by atoms with Gasteiger partial charge in [0, 0.05) is 29.2 Å². The van der Waals surface area contributed by atoms with Crippen LogP contribution >= 0.6 is 23.2 Å². The Bertz CT molecular complexity index is 1280. The van der Waals surface area contributed by atoms with Crippen LogP contribution in [0.15, 0.2) is 66.5 Å². The summed E-state index contributed by atoms with van der Waals surface area (Å²) in [6, 6.07) is 11.9. The lowest BCUT2D eigenvalue weighted by Gasteiger charge is -2.25. The van der Waals surface area contributed by atoms with Crippen molar-refractivity contribution in [2.75, 3.05) is 19.1 Å². The highest BCUT2D eigenvalue weighted by Crippen LogP contribution is 2.44. The second kappa shape index (κ2) is 9.13. The smallest absolute Gasteiger partial charge is 0.300 e. The monoisotopic (exact) mass is 484 g/mol. The Labute approximate surface area is 199 Å². The van der Waals surface area contributed by atoms with Crippen LogP contribution in [-0.2, 0) is 9.59 Å². The molecular formula is C24H18Cl2N2O5. The van der Waals surface area contributed by atoms with Crippen molar-refractivity contribution in [1.29, 1.82) is 0 Å². The maximum absolute atomic E-state index is 13.2. The molecule has 1 amide bonds. The largest absolute Gasteiger partial charge is 0.507 e. The topological polar surface area (TPSA) is 89.0 Å². The van der Waals surface area contributed by atoms with E-state index in [0.717, 1.165) is 0 Å². The number of carbonyl (C=O) groups excluding carboxylic acids is 2. The molecule has 1 atom stereocenters. The average molecular weight is 485 g/mol. The summed E-state index contributed by atoms with van der Waals surface area (Å²) in [6.07, 6.45) is 3.10. The van der Waals surface area contributed by atoms with Gasteiger partial charge in [-0.2, -0.15) is 0 Å². The number of methoxy groups -OCH3 is 2. The minimum absolute atomic E-state index is 0.132. The van der Waals surface area contributed by atoms with Crippen molar-refractivity contribution in [3.8, 4) is 11.5 Å². The van der Waals surface area contributed by atoms with Crippen molar-refractivity contribution in [2.24, 2.45) is 0 Å². The van der Waals surface area contributed by atoms with Crippen LogP contribution in [0.2, 0.25) is 10.0 Å². The Kier molecular flexibility index (Phi) is 6.26. The summed E-state index contributed by atoms with van der Waals surface area (Å²) in [5.41, 5.74) is 0.933. The molecule has 9 heteroatoms. The molecule has 1 saturated heterocycles. The van der Waals surface area contributed by atoms with Crippen LogP contribution in [0.5, 0.6) is 11.5 Å². The van der Waals surface area contributed by atoms with Gasteiger partial charge in [-0.3, -0.25) is 19.5 Å². The fraction of sp³-hybridized carbons (Fsp3) is 0.125. The summed E-state index contributed by atoms with van der Waals surface area (Å²) in [5.74, 6) is -1.57. The van der Waals surface area contributed by atoms with E-state index in [1.54, 1.807) is 42.6 Å². The molecule has 168 valence electrons. The van der Waals surface area contributed by atoms with E-state index in [2.05, 4.69) is 4.98 Å². The molecule has 1 aliphatic heterocycles. The van der Waals surface area contributed by atoms with Gasteiger partial charge in [0.05, 0.1) is 36.4 Å². The van der Waals surface area contributed by atoms with Gasteiger partial charge < -0.3 is 14.6 Å². The molecule has 7 nitrogen and oxygen atoms in total. The van der Waals surface area contributed by atoms with E-state index in [9.17, 15) is 14.7 Å². The minimum atomic E-state index is -0.956. The number of Topliss-reactive ketones (excluding diaryl/α,β-unsaturated/α-hetero) is 1. The third kappa shape index (κ3) is 4.01. The number of ether oxygens (including phenoxy) is 2. The van der Waals surface area contributed by atoms with E-state index >= 15 is 0 Å². The number of ketones is 1. The second-order valence-electron chi connectivity index (χ2n) is 7.12. The number of hydrogen-bond donors (Lipinski definition) is 1. The second-order valence-corrected chi connectivity index (χ2v) is 7.97. The Morgan fingerprint density at radius 2 is 1.79 bits per heavy atom. The Morgan fingerprint density at radius 1 is 1.03 bits per heavy atom. The third-order valence-corrected chi connectivity index (χ3v) is 5.79. The van der Waals surface area contributed by atoms with Crippen LogP contribution in [0, 0.1) is 0 Å². The van der Waals surface area contributed by atoms with Gasteiger partial charge in [0.2, 0.25) is 0 Å². The van der Waals surface area contributed by atoms with E-state index in [-0.39, 0.29) is 21.9 Å². The van der Waals surface area contributed by atoms with Crippen molar-refractivity contribution in [2.45, 2.75) is 6.04 Å². The van der Waals surface area contributed by atoms with Gasteiger partial charge in [-0.15, -0.1) is 0 Å². The highest BCUT2D eigenvalue weighted by molar-refractivity contribution is 6.52. The first-order chi connectivity index (χ1) is 15.9. The lowest BCUT2D eigenvalue weighted by Crippen LogP contribution is -2.29. The normalized spacial score (nSPS) is 17.3. The zero-order chi connectivity index (χ0) is 23.7. The van der Waals surface area contributed by atoms with E-state index in [4.69, 9.17) is 32.7 Å². The molecule has 0 saturated carbocycles. The number of pyridine rings is 1. The maximum Gasteiger partial charge on any atom is 0.300 e. The first-order valence-corrected chi connectivity index (χ1v) is 10.5. The number of amides is 1. The molecule has 1 fully saturated rings. The highest BCUT2D eigenvalue weighted by Gasteiger charge is 2.47. The number of anilines is 1. The number of aromatic nitrogens is 1. The number of halogens is 2. The van der Waals surface area contributed by atoms with Crippen molar-refractivity contribution >= 4 is 46.3 Å². The molecule has 3 aromatic rings. The molecular weight excluding hydrogens is 467 g/mol. The van der Waals surface area contributed by atoms with E-state index in [1.165, 1.54) is 37.4 Å². The van der Waals surface area contributed by atoms with E-state index in [0.29, 0.717) is 22.0 Å². The van der Waals surface area contributed by atoms with Crippen LogP contribution in [0.1, 0.15) is 17.2 Å². The standard InChI is InChI=1S/C24H18Cl2N2O5/c1-32-18-11-19(33-2)17(26)10-16(18)22(29)20-21(13-5-4-8-27-12-13)28(24(31)23(20)30)15-7-3-6-14(25)9-15/h3-12,21,29H,1-2H3/b22-20+.